The molecule has 2 fully saturated rings. The summed E-state index contributed by atoms with van der Waals surface area (Å²) in [6, 6.07) is 9.04. The molecule has 0 amide bonds. The van der Waals surface area contributed by atoms with Gasteiger partial charge < -0.3 is 10.6 Å². The largest absolute Gasteiger partial charge is 0.419 e. The number of rotatable bonds is 4. The summed E-state index contributed by atoms with van der Waals surface area (Å²) in [5.74, 6) is 0.902. The maximum Gasteiger partial charge on any atom is 0.419 e. The fraction of sp³-hybridized carbons (Fsp3) is 0.381. The molecule has 3 aromatic rings. The van der Waals surface area contributed by atoms with Gasteiger partial charge in [0.2, 0.25) is 0 Å². The van der Waals surface area contributed by atoms with Crippen LogP contribution in [0.3, 0.4) is 0 Å². The van der Waals surface area contributed by atoms with E-state index in [-0.39, 0.29) is 27.7 Å². The van der Waals surface area contributed by atoms with Crippen molar-refractivity contribution in [3.05, 3.63) is 54.4 Å². The van der Waals surface area contributed by atoms with Crippen LogP contribution in [0.5, 0.6) is 0 Å². The van der Waals surface area contributed by atoms with Crippen LogP contribution in [0.4, 0.5) is 18.9 Å². The minimum atomic E-state index is -4.61. The first-order valence-corrected chi connectivity index (χ1v) is 11.5. The normalized spacial score (nSPS) is 23.9. The van der Waals surface area contributed by atoms with Crippen molar-refractivity contribution in [3.8, 4) is 0 Å². The Morgan fingerprint density at radius 1 is 1.06 bits per heavy atom. The summed E-state index contributed by atoms with van der Waals surface area (Å²) in [5.41, 5.74) is -1.01. The molecular formula is C21H21F3N4O2S. The Kier molecular flexibility index (Phi) is 4.74. The molecule has 2 aromatic heterocycles. The Morgan fingerprint density at radius 3 is 2.39 bits per heavy atom. The number of benzene rings is 1. The van der Waals surface area contributed by atoms with Crippen LogP contribution in [0.1, 0.15) is 18.4 Å². The van der Waals surface area contributed by atoms with Gasteiger partial charge in [-0.25, -0.2) is 17.4 Å². The Balaban J connectivity index is 1.60. The molecule has 5 rings (SSSR count). The molecule has 6 nitrogen and oxygen atoms in total. The second-order valence-electron chi connectivity index (χ2n) is 8.20. The predicted octanol–water partition coefficient (Wildman–Crippen LogP) is 3.70. The number of halogens is 3. The van der Waals surface area contributed by atoms with Crippen LogP contribution in [0.2, 0.25) is 0 Å². The zero-order chi connectivity index (χ0) is 21.8. The Hall–Kier alpha value is -2.59. The molecule has 1 aliphatic heterocycles. The van der Waals surface area contributed by atoms with Crippen LogP contribution in [-0.4, -0.2) is 36.5 Å². The third kappa shape index (κ3) is 3.47. The van der Waals surface area contributed by atoms with Crippen LogP contribution in [0, 0.1) is 11.8 Å². The molecule has 164 valence electrons. The lowest BCUT2D eigenvalue weighted by atomic mass is 10.0. The quantitative estimate of drug-likeness (QED) is 0.634. The first-order valence-electron chi connectivity index (χ1n) is 10.1. The molecule has 1 aliphatic carbocycles. The second-order valence-corrected chi connectivity index (χ2v) is 10.0. The number of alkyl halides is 3. The summed E-state index contributed by atoms with van der Waals surface area (Å²) >= 11 is 0. The van der Waals surface area contributed by atoms with Crippen molar-refractivity contribution < 1.29 is 21.6 Å². The molecule has 2 aliphatic rings. The maximum absolute atomic E-state index is 13.8. The van der Waals surface area contributed by atoms with E-state index in [1.165, 1.54) is 24.4 Å². The smallest absolute Gasteiger partial charge is 0.381 e. The standard InChI is InChI=1S/C21H21F3N4O2S/c22-21(23,24)18-12-26-20-17(19(18)27-15-8-13-10-25-11-14(13)9-15)6-7-28(20)31(29,30)16-4-2-1-3-5-16/h1-7,12-15,25H,8-11H2,(H,26,27)/t13-,14+,15?. The van der Waals surface area contributed by atoms with Crippen molar-refractivity contribution >= 4 is 26.7 Å². The fourth-order valence-electron chi connectivity index (χ4n) is 4.82. The van der Waals surface area contributed by atoms with Crippen LogP contribution in [0.25, 0.3) is 11.0 Å². The maximum atomic E-state index is 13.8. The zero-order valence-electron chi connectivity index (χ0n) is 16.4. The summed E-state index contributed by atoms with van der Waals surface area (Å²) in [7, 11) is -3.99. The van der Waals surface area contributed by atoms with Gasteiger partial charge in [0.25, 0.3) is 10.0 Å². The minimum absolute atomic E-state index is 0.0285. The molecule has 0 radical (unpaired) electrons. The van der Waals surface area contributed by atoms with E-state index in [1.54, 1.807) is 18.2 Å². The molecule has 3 atom stereocenters. The molecule has 2 N–H and O–H groups in total. The number of pyridine rings is 1. The van der Waals surface area contributed by atoms with E-state index in [1.807, 2.05) is 0 Å². The number of hydrogen-bond donors (Lipinski definition) is 2. The highest BCUT2D eigenvalue weighted by Crippen LogP contribution is 2.42. The molecule has 1 saturated carbocycles. The SMILES string of the molecule is O=S(=O)(c1ccccc1)n1ccc2c(NC3C[C@H]4CNC[C@H]4C3)c(C(F)(F)F)cnc21. The van der Waals surface area contributed by atoms with Gasteiger partial charge in [0.05, 0.1) is 16.1 Å². The molecule has 1 aromatic carbocycles. The van der Waals surface area contributed by atoms with Gasteiger partial charge in [0.15, 0.2) is 5.65 Å². The number of anilines is 1. The van der Waals surface area contributed by atoms with Gasteiger partial charge in [-0.15, -0.1) is 0 Å². The number of fused-ring (bicyclic) bond motifs is 2. The van der Waals surface area contributed by atoms with Crippen molar-refractivity contribution in [1.29, 1.82) is 0 Å². The topological polar surface area (TPSA) is 76.0 Å². The molecule has 0 spiro atoms. The zero-order valence-corrected chi connectivity index (χ0v) is 17.2. The lowest BCUT2D eigenvalue weighted by Crippen LogP contribution is -2.23. The summed E-state index contributed by atoms with van der Waals surface area (Å²) in [6.07, 6.45) is -1.07. The average molecular weight is 450 g/mol. The summed E-state index contributed by atoms with van der Waals surface area (Å²) in [4.78, 5) is 3.95. The number of nitrogens with zero attached hydrogens (tertiary/aromatic N) is 2. The summed E-state index contributed by atoms with van der Waals surface area (Å²) < 4.78 is 68.4. The van der Waals surface area contributed by atoms with E-state index in [0.717, 1.165) is 36.1 Å². The van der Waals surface area contributed by atoms with E-state index >= 15 is 0 Å². The highest BCUT2D eigenvalue weighted by atomic mass is 32.2. The number of nitrogens with one attached hydrogen (secondary N) is 2. The van der Waals surface area contributed by atoms with Crippen molar-refractivity contribution in [2.24, 2.45) is 11.8 Å². The molecule has 1 unspecified atom stereocenters. The molecular weight excluding hydrogens is 429 g/mol. The molecule has 10 heteroatoms. The van der Waals surface area contributed by atoms with Gasteiger partial charge in [0.1, 0.15) is 0 Å². The van der Waals surface area contributed by atoms with Gasteiger partial charge in [-0.2, -0.15) is 13.2 Å². The van der Waals surface area contributed by atoms with Gasteiger partial charge in [-0.1, -0.05) is 18.2 Å². The van der Waals surface area contributed by atoms with Crippen LogP contribution in [0.15, 0.2) is 53.7 Å². The molecule has 1 saturated heterocycles. The van der Waals surface area contributed by atoms with Gasteiger partial charge in [-0.05, 0) is 56.0 Å². The first-order chi connectivity index (χ1) is 14.7. The summed E-state index contributed by atoms with van der Waals surface area (Å²) in [5, 5.41) is 6.56. The van der Waals surface area contributed by atoms with Crippen molar-refractivity contribution in [2.75, 3.05) is 18.4 Å². The van der Waals surface area contributed by atoms with Crippen molar-refractivity contribution in [2.45, 2.75) is 30.0 Å². The Morgan fingerprint density at radius 2 is 1.74 bits per heavy atom. The van der Waals surface area contributed by atoms with Crippen LogP contribution in [-0.2, 0) is 16.2 Å². The Labute approximate surface area is 177 Å². The van der Waals surface area contributed by atoms with Crippen molar-refractivity contribution in [1.82, 2.24) is 14.3 Å². The van der Waals surface area contributed by atoms with Crippen LogP contribution >= 0.6 is 0 Å². The summed E-state index contributed by atoms with van der Waals surface area (Å²) in [6.45, 7) is 1.76. The van der Waals surface area contributed by atoms with Crippen LogP contribution < -0.4 is 10.6 Å². The fourth-order valence-corrected chi connectivity index (χ4v) is 6.14. The molecule has 3 heterocycles. The first kappa shape index (κ1) is 20.3. The Bertz CT molecular complexity index is 1210. The third-order valence-corrected chi connectivity index (χ3v) is 7.97. The van der Waals surface area contributed by atoms with Gasteiger partial charge >= 0.3 is 6.18 Å². The lowest BCUT2D eigenvalue weighted by molar-refractivity contribution is -0.137. The molecule has 0 bridgehead atoms. The third-order valence-electron chi connectivity index (χ3n) is 6.29. The number of aromatic nitrogens is 2. The highest BCUT2D eigenvalue weighted by Gasteiger charge is 2.40. The van der Waals surface area contributed by atoms with E-state index in [9.17, 15) is 21.6 Å². The van der Waals surface area contributed by atoms with Gasteiger partial charge in [0, 0.05) is 23.8 Å². The van der Waals surface area contributed by atoms with Gasteiger partial charge in [-0.3, -0.25) is 0 Å². The van der Waals surface area contributed by atoms with E-state index in [0.29, 0.717) is 11.8 Å². The van der Waals surface area contributed by atoms with E-state index in [2.05, 4.69) is 15.6 Å². The number of hydrogen-bond acceptors (Lipinski definition) is 5. The minimum Gasteiger partial charge on any atom is -0.381 e. The van der Waals surface area contributed by atoms with Crippen molar-refractivity contribution in [3.63, 3.8) is 0 Å². The van der Waals surface area contributed by atoms with E-state index in [4.69, 9.17) is 0 Å². The predicted molar refractivity (Wildman–Crippen MR) is 110 cm³/mol. The monoisotopic (exact) mass is 450 g/mol. The van der Waals surface area contributed by atoms with E-state index < -0.39 is 21.8 Å². The average Bonchev–Trinajstić information content (AvgIpc) is 3.42. The highest BCUT2D eigenvalue weighted by molar-refractivity contribution is 7.90. The molecule has 31 heavy (non-hydrogen) atoms. The lowest BCUT2D eigenvalue weighted by Gasteiger charge is -2.20. The second kappa shape index (κ2) is 7.23.